The number of hydrogen-bond donors (Lipinski definition) is 0. The average Bonchev–Trinajstić information content (AvgIpc) is 2.17. The molecule has 0 aliphatic heterocycles. The van der Waals surface area contributed by atoms with Crippen LogP contribution in [-0.2, 0) is 0 Å². The first kappa shape index (κ1) is 11.1. The van der Waals surface area contributed by atoms with Gasteiger partial charge in [0.2, 0.25) is 0 Å². The Morgan fingerprint density at radius 2 is 2.21 bits per heavy atom. The van der Waals surface area contributed by atoms with Crippen molar-refractivity contribution in [2.24, 2.45) is 0 Å². The fourth-order valence-electron chi connectivity index (χ4n) is 1.22. The maximum atomic E-state index is 3.83. The van der Waals surface area contributed by atoms with E-state index in [1.807, 2.05) is 23.9 Å². The van der Waals surface area contributed by atoms with Crippen LogP contribution in [0, 0.1) is 6.92 Å². The lowest BCUT2D eigenvalue weighted by atomic mass is 10.2. The van der Waals surface area contributed by atoms with E-state index in [9.17, 15) is 0 Å². The van der Waals surface area contributed by atoms with Crippen molar-refractivity contribution in [1.29, 1.82) is 0 Å². The highest BCUT2D eigenvalue weighted by molar-refractivity contribution is 8.00. The van der Waals surface area contributed by atoms with Crippen LogP contribution in [0.25, 0.3) is 0 Å². The van der Waals surface area contributed by atoms with Gasteiger partial charge in [0.05, 0.1) is 0 Å². The molecule has 0 spiro atoms. The molecule has 1 atom stereocenters. The molecular formula is C13H16S. The Balaban J connectivity index is 2.66. The molecule has 74 valence electrons. The Kier molecular flexibility index (Phi) is 4.54. The third-order valence-corrected chi connectivity index (χ3v) is 3.15. The van der Waals surface area contributed by atoms with Gasteiger partial charge in [-0.25, -0.2) is 0 Å². The minimum atomic E-state index is 0.439. The highest BCUT2D eigenvalue weighted by Gasteiger charge is 2.03. The first-order valence-electron chi connectivity index (χ1n) is 4.73. The van der Waals surface area contributed by atoms with E-state index in [0.717, 1.165) is 6.42 Å². The van der Waals surface area contributed by atoms with Crippen LogP contribution in [0.2, 0.25) is 0 Å². The van der Waals surface area contributed by atoms with Crippen molar-refractivity contribution in [3.05, 3.63) is 55.1 Å². The molecule has 0 aliphatic rings. The zero-order valence-electron chi connectivity index (χ0n) is 8.57. The Hall–Kier alpha value is -0.950. The molecule has 0 saturated carbocycles. The lowest BCUT2D eigenvalue weighted by molar-refractivity contribution is 1.08. The largest absolute Gasteiger partial charge is 0.118 e. The van der Waals surface area contributed by atoms with Crippen LogP contribution in [-0.4, -0.2) is 5.25 Å². The summed E-state index contributed by atoms with van der Waals surface area (Å²) in [5.41, 5.74) is 1.30. The number of hydrogen-bond acceptors (Lipinski definition) is 1. The van der Waals surface area contributed by atoms with E-state index in [4.69, 9.17) is 0 Å². The van der Waals surface area contributed by atoms with E-state index in [-0.39, 0.29) is 0 Å². The first-order chi connectivity index (χ1) is 6.76. The van der Waals surface area contributed by atoms with Gasteiger partial charge in [-0.15, -0.1) is 24.9 Å². The van der Waals surface area contributed by atoms with Crippen LogP contribution in [0.1, 0.15) is 12.0 Å². The molecule has 0 bridgehead atoms. The average molecular weight is 204 g/mol. The van der Waals surface area contributed by atoms with Gasteiger partial charge in [0.25, 0.3) is 0 Å². The van der Waals surface area contributed by atoms with Gasteiger partial charge in [-0.3, -0.25) is 0 Å². The van der Waals surface area contributed by atoms with Crippen molar-refractivity contribution in [3.63, 3.8) is 0 Å². The summed E-state index contributed by atoms with van der Waals surface area (Å²) in [7, 11) is 0. The number of benzene rings is 1. The van der Waals surface area contributed by atoms with Crippen LogP contribution in [0.15, 0.2) is 54.5 Å². The third-order valence-electron chi connectivity index (χ3n) is 1.94. The molecule has 0 radical (unpaired) electrons. The van der Waals surface area contributed by atoms with E-state index >= 15 is 0 Å². The number of rotatable bonds is 5. The number of allylic oxidation sites excluding steroid dienone is 1. The standard InChI is InChI=1S/C13H16S/c1-4-7-12(5-2)14-13-9-6-8-11(3)10-13/h4-6,8-10,12H,1-2,7H2,3H3. The van der Waals surface area contributed by atoms with E-state index in [1.54, 1.807) is 0 Å². The molecule has 0 fully saturated rings. The minimum absolute atomic E-state index is 0.439. The molecular weight excluding hydrogens is 188 g/mol. The molecule has 1 heteroatoms. The van der Waals surface area contributed by atoms with Gasteiger partial charge >= 0.3 is 0 Å². The lowest BCUT2D eigenvalue weighted by Gasteiger charge is -2.09. The molecule has 0 heterocycles. The lowest BCUT2D eigenvalue weighted by Crippen LogP contribution is -1.94. The summed E-state index contributed by atoms with van der Waals surface area (Å²) >= 11 is 1.84. The summed E-state index contributed by atoms with van der Waals surface area (Å²) < 4.78 is 0. The number of thioether (sulfide) groups is 1. The highest BCUT2D eigenvalue weighted by atomic mass is 32.2. The van der Waals surface area contributed by atoms with Crippen LogP contribution in [0.5, 0.6) is 0 Å². The zero-order chi connectivity index (χ0) is 10.4. The Bertz CT molecular complexity index is 315. The molecule has 0 amide bonds. The van der Waals surface area contributed by atoms with Crippen LogP contribution in [0.3, 0.4) is 0 Å². The molecule has 0 N–H and O–H groups in total. The van der Waals surface area contributed by atoms with Crippen molar-refractivity contribution < 1.29 is 0 Å². The fraction of sp³-hybridized carbons (Fsp3) is 0.231. The summed E-state index contributed by atoms with van der Waals surface area (Å²) in [6.45, 7) is 9.69. The van der Waals surface area contributed by atoms with Crippen molar-refractivity contribution in [2.75, 3.05) is 0 Å². The molecule has 1 aromatic rings. The fourth-order valence-corrected chi connectivity index (χ4v) is 2.31. The molecule has 0 aliphatic carbocycles. The normalized spacial score (nSPS) is 12.1. The SMILES string of the molecule is C=CCC(C=C)Sc1cccc(C)c1. The summed E-state index contributed by atoms with van der Waals surface area (Å²) in [6.07, 6.45) is 4.89. The van der Waals surface area contributed by atoms with Crippen molar-refractivity contribution in [2.45, 2.75) is 23.5 Å². The Morgan fingerprint density at radius 1 is 1.43 bits per heavy atom. The van der Waals surface area contributed by atoms with E-state index in [2.05, 4.69) is 44.3 Å². The van der Waals surface area contributed by atoms with Crippen molar-refractivity contribution in [3.8, 4) is 0 Å². The van der Waals surface area contributed by atoms with Crippen LogP contribution >= 0.6 is 11.8 Å². The second-order valence-corrected chi connectivity index (χ2v) is 4.55. The van der Waals surface area contributed by atoms with Crippen LogP contribution in [0.4, 0.5) is 0 Å². The Morgan fingerprint density at radius 3 is 2.79 bits per heavy atom. The second kappa shape index (κ2) is 5.71. The van der Waals surface area contributed by atoms with E-state index < -0.39 is 0 Å². The summed E-state index contributed by atoms with van der Waals surface area (Å²) in [4.78, 5) is 1.30. The quantitative estimate of drug-likeness (QED) is 0.511. The van der Waals surface area contributed by atoms with Gasteiger partial charge in [0, 0.05) is 10.1 Å². The predicted octanol–water partition coefficient (Wildman–Crippen LogP) is 4.22. The summed E-state index contributed by atoms with van der Waals surface area (Å²) in [5.74, 6) is 0. The molecule has 1 rings (SSSR count). The smallest absolute Gasteiger partial charge is 0.0306 e. The monoisotopic (exact) mass is 204 g/mol. The number of aryl methyl sites for hydroxylation is 1. The van der Waals surface area contributed by atoms with E-state index in [1.165, 1.54) is 10.5 Å². The minimum Gasteiger partial charge on any atom is -0.118 e. The highest BCUT2D eigenvalue weighted by Crippen LogP contribution is 2.26. The van der Waals surface area contributed by atoms with Gasteiger partial charge in [-0.05, 0) is 25.5 Å². The van der Waals surface area contributed by atoms with Gasteiger partial charge in [-0.2, -0.15) is 0 Å². The van der Waals surface area contributed by atoms with Gasteiger partial charge < -0.3 is 0 Å². The van der Waals surface area contributed by atoms with Gasteiger partial charge in [-0.1, -0.05) is 29.8 Å². The van der Waals surface area contributed by atoms with E-state index in [0.29, 0.717) is 5.25 Å². The summed E-state index contributed by atoms with van der Waals surface area (Å²) in [5, 5.41) is 0.439. The maximum absolute atomic E-state index is 3.83. The second-order valence-electron chi connectivity index (χ2n) is 3.23. The third kappa shape index (κ3) is 3.43. The Labute approximate surface area is 90.7 Å². The van der Waals surface area contributed by atoms with Crippen LogP contribution < -0.4 is 0 Å². The molecule has 1 unspecified atom stereocenters. The van der Waals surface area contributed by atoms with Gasteiger partial charge in [0.1, 0.15) is 0 Å². The molecule has 0 aromatic heterocycles. The molecule has 0 nitrogen and oxygen atoms in total. The first-order valence-corrected chi connectivity index (χ1v) is 5.61. The van der Waals surface area contributed by atoms with Crippen molar-refractivity contribution in [1.82, 2.24) is 0 Å². The topological polar surface area (TPSA) is 0 Å². The maximum Gasteiger partial charge on any atom is 0.0306 e. The molecule has 0 saturated heterocycles. The van der Waals surface area contributed by atoms with Crippen molar-refractivity contribution >= 4 is 11.8 Å². The van der Waals surface area contributed by atoms with Gasteiger partial charge in [0.15, 0.2) is 0 Å². The zero-order valence-corrected chi connectivity index (χ0v) is 9.39. The summed E-state index contributed by atoms with van der Waals surface area (Å²) in [6, 6.07) is 8.54. The molecule has 14 heavy (non-hydrogen) atoms. The molecule has 1 aromatic carbocycles. The predicted molar refractivity (Wildman–Crippen MR) is 65.8 cm³/mol.